The molecule has 5 rings (SSSR count). The minimum atomic E-state index is -2.16. The number of alkyl carbamates (subject to hydrolysis) is 1. The molecule has 1 aliphatic rings. The van der Waals surface area contributed by atoms with E-state index >= 15 is 0 Å². The molecule has 4 aromatic rings. The van der Waals surface area contributed by atoms with E-state index in [1.165, 1.54) is 12.0 Å². The topological polar surface area (TPSA) is 94.2 Å². The molecule has 0 aromatic heterocycles. The average molecular weight is 567 g/mol. The van der Waals surface area contributed by atoms with Crippen LogP contribution >= 0.6 is 0 Å². The first-order valence-corrected chi connectivity index (χ1v) is 13.7. The first-order chi connectivity index (χ1) is 20.0. The summed E-state index contributed by atoms with van der Waals surface area (Å²) >= 11 is 0. The Kier molecular flexibility index (Phi) is 7.51. The van der Waals surface area contributed by atoms with Crippen LogP contribution in [0.3, 0.4) is 0 Å². The van der Waals surface area contributed by atoms with Crippen LogP contribution in [0.4, 0.5) is 10.5 Å². The highest BCUT2D eigenvalue weighted by Gasteiger charge is 2.70. The van der Waals surface area contributed by atoms with Crippen molar-refractivity contribution in [1.29, 1.82) is 0 Å². The fraction of sp³-hybridized carbons (Fsp3) is 0.265. The number of fused-ring (bicyclic) bond motifs is 2. The van der Waals surface area contributed by atoms with Crippen molar-refractivity contribution < 1.29 is 28.6 Å². The Morgan fingerprint density at radius 1 is 0.857 bits per heavy atom. The van der Waals surface area contributed by atoms with Gasteiger partial charge >= 0.3 is 12.1 Å². The van der Waals surface area contributed by atoms with E-state index in [0.717, 1.165) is 16.3 Å². The number of hydrogen-bond donors (Lipinski definition) is 1. The van der Waals surface area contributed by atoms with Crippen LogP contribution in [0.1, 0.15) is 37.5 Å². The van der Waals surface area contributed by atoms with Crippen molar-refractivity contribution in [2.24, 2.45) is 0 Å². The molecule has 0 spiro atoms. The fourth-order valence-electron chi connectivity index (χ4n) is 5.64. The highest BCUT2D eigenvalue weighted by molar-refractivity contribution is 6.13. The van der Waals surface area contributed by atoms with Gasteiger partial charge in [0.05, 0.1) is 13.7 Å². The number of nitrogens with one attached hydrogen (secondary N) is 1. The Morgan fingerprint density at radius 3 is 2.19 bits per heavy atom. The molecule has 216 valence electrons. The minimum Gasteiger partial charge on any atom is -0.467 e. The summed E-state index contributed by atoms with van der Waals surface area (Å²) in [6.07, 6.45) is -0.889. The quantitative estimate of drug-likeness (QED) is 0.283. The van der Waals surface area contributed by atoms with E-state index < -0.39 is 34.7 Å². The average Bonchev–Trinajstić information content (AvgIpc) is 3.19. The maximum absolute atomic E-state index is 14.6. The van der Waals surface area contributed by atoms with Crippen LogP contribution in [0, 0.1) is 0 Å². The number of benzene rings is 4. The van der Waals surface area contributed by atoms with Crippen molar-refractivity contribution in [3.8, 4) is 0 Å². The Morgan fingerprint density at radius 2 is 1.50 bits per heavy atom. The van der Waals surface area contributed by atoms with Crippen LogP contribution in [0.2, 0.25) is 0 Å². The molecule has 0 saturated heterocycles. The van der Waals surface area contributed by atoms with Gasteiger partial charge in [-0.05, 0) is 54.8 Å². The summed E-state index contributed by atoms with van der Waals surface area (Å²) in [5, 5.41) is 4.87. The van der Waals surface area contributed by atoms with E-state index in [1.54, 1.807) is 82.4 Å². The van der Waals surface area contributed by atoms with Crippen LogP contribution in [-0.4, -0.2) is 37.7 Å². The zero-order valence-electron chi connectivity index (χ0n) is 24.3. The second-order valence-electron chi connectivity index (χ2n) is 11.3. The summed E-state index contributed by atoms with van der Waals surface area (Å²) in [7, 11) is 2.83. The lowest BCUT2D eigenvalue weighted by molar-refractivity contribution is -0.192. The van der Waals surface area contributed by atoms with Crippen molar-refractivity contribution in [3.05, 3.63) is 114 Å². The molecule has 0 radical (unpaired) electrons. The second kappa shape index (κ2) is 10.9. The molecule has 1 aliphatic heterocycles. The monoisotopic (exact) mass is 566 g/mol. The molecule has 2 atom stereocenters. The Labute approximate surface area is 245 Å². The van der Waals surface area contributed by atoms with Gasteiger partial charge in [-0.25, -0.2) is 9.59 Å². The van der Waals surface area contributed by atoms with Crippen molar-refractivity contribution >= 4 is 34.4 Å². The molecule has 8 nitrogen and oxygen atoms in total. The summed E-state index contributed by atoms with van der Waals surface area (Å²) < 4.78 is 17.8. The van der Waals surface area contributed by atoms with E-state index in [2.05, 4.69) is 5.32 Å². The molecule has 2 amide bonds. The lowest BCUT2D eigenvalue weighted by Gasteiger charge is -2.45. The Bertz CT molecular complexity index is 1650. The minimum absolute atomic E-state index is 0.0776. The molecule has 1 heterocycles. The molecule has 0 fully saturated rings. The highest BCUT2D eigenvalue weighted by Crippen LogP contribution is 2.53. The second-order valence-corrected chi connectivity index (χ2v) is 11.3. The summed E-state index contributed by atoms with van der Waals surface area (Å²) in [5.41, 5.74) is -3.17. The van der Waals surface area contributed by atoms with Crippen LogP contribution in [0.25, 0.3) is 10.8 Å². The Balaban J connectivity index is 1.77. The van der Waals surface area contributed by atoms with E-state index in [9.17, 15) is 14.4 Å². The zero-order valence-corrected chi connectivity index (χ0v) is 24.3. The van der Waals surface area contributed by atoms with Crippen molar-refractivity contribution in [3.63, 3.8) is 0 Å². The maximum Gasteiger partial charge on any atom is 0.408 e. The smallest absolute Gasteiger partial charge is 0.408 e. The van der Waals surface area contributed by atoms with E-state index in [-0.39, 0.29) is 6.61 Å². The third-order valence-corrected chi connectivity index (χ3v) is 7.43. The van der Waals surface area contributed by atoms with Gasteiger partial charge in [0, 0.05) is 18.3 Å². The lowest BCUT2D eigenvalue weighted by Crippen LogP contribution is -2.69. The summed E-state index contributed by atoms with van der Waals surface area (Å²) in [6.45, 7) is 5.08. The predicted octanol–water partition coefficient (Wildman–Crippen LogP) is 5.82. The predicted molar refractivity (Wildman–Crippen MR) is 160 cm³/mol. The number of likely N-dealkylation sites (N-methyl/N-ethyl adjacent to an activating group) is 1. The first-order valence-electron chi connectivity index (χ1n) is 13.7. The molecular formula is C34H34N2O6. The van der Waals surface area contributed by atoms with Crippen LogP contribution in [0.5, 0.6) is 0 Å². The molecular weight excluding hydrogens is 532 g/mol. The zero-order chi connectivity index (χ0) is 30.1. The number of carbonyl (C=O) groups excluding carboxylic acids is 3. The first kappa shape index (κ1) is 28.8. The molecule has 4 aromatic carbocycles. The molecule has 1 N–H and O–H groups in total. The van der Waals surface area contributed by atoms with E-state index in [0.29, 0.717) is 16.8 Å². The van der Waals surface area contributed by atoms with Crippen molar-refractivity contribution in [2.45, 2.75) is 44.1 Å². The standard InChI is InChI=1S/C34H34N2O6/c1-32(2,3)42-31(39)35-33(27-17-11-12-18-28(27)36(4)29(33)37)34(30(38)40-5,26-15-7-6-8-16-26)41-22-23-19-20-24-13-9-10-14-25(24)21-23/h6-21H,22H2,1-5H3,(H,35,39)/t33-,34+/m1/s1. The van der Waals surface area contributed by atoms with Crippen LogP contribution in [-0.2, 0) is 41.5 Å². The van der Waals surface area contributed by atoms with Gasteiger partial charge in [0.15, 0.2) is 5.54 Å². The maximum atomic E-state index is 14.6. The van der Waals surface area contributed by atoms with Crippen LogP contribution < -0.4 is 10.2 Å². The molecule has 0 saturated carbocycles. The number of para-hydroxylation sites is 1. The number of nitrogens with zero attached hydrogens (tertiary/aromatic N) is 1. The number of hydrogen-bond acceptors (Lipinski definition) is 6. The molecule has 0 bridgehead atoms. The lowest BCUT2D eigenvalue weighted by atomic mass is 9.70. The number of amides is 2. The summed E-state index contributed by atoms with van der Waals surface area (Å²) in [5.74, 6) is -1.44. The molecule has 8 heteroatoms. The highest BCUT2D eigenvalue weighted by atomic mass is 16.6. The van der Waals surface area contributed by atoms with Crippen molar-refractivity contribution in [2.75, 3.05) is 19.1 Å². The van der Waals surface area contributed by atoms with Gasteiger partial charge < -0.3 is 19.1 Å². The largest absolute Gasteiger partial charge is 0.467 e. The molecule has 0 aliphatic carbocycles. The van der Waals surface area contributed by atoms with Gasteiger partial charge in [-0.3, -0.25) is 10.1 Å². The third kappa shape index (κ3) is 4.77. The van der Waals surface area contributed by atoms with Crippen molar-refractivity contribution in [1.82, 2.24) is 5.32 Å². The van der Waals surface area contributed by atoms with Gasteiger partial charge in [-0.1, -0.05) is 84.9 Å². The molecule has 42 heavy (non-hydrogen) atoms. The summed E-state index contributed by atoms with van der Waals surface area (Å²) in [6, 6.07) is 29.3. The number of carbonyl (C=O) groups is 3. The fourth-order valence-corrected chi connectivity index (χ4v) is 5.64. The SMILES string of the molecule is COC(=O)[C@@](OCc1ccc2ccccc2c1)(c1ccccc1)[C@]1(NC(=O)OC(C)(C)C)C(=O)N(C)c2ccccc21. The van der Waals surface area contributed by atoms with Gasteiger partial charge in [-0.15, -0.1) is 0 Å². The number of methoxy groups -OCH3 is 1. The van der Waals surface area contributed by atoms with Gasteiger partial charge in [0.1, 0.15) is 5.60 Å². The number of ether oxygens (including phenoxy) is 3. The number of anilines is 1. The third-order valence-electron chi connectivity index (χ3n) is 7.43. The van der Waals surface area contributed by atoms with Crippen LogP contribution in [0.15, 0.2) is 97.1 Å². The molecule has 0 unspecified atom stereocenters. The van der Waals surface area contributed by atoms with Gasteiger partial charge in [0.25, 0.3) is 5.91 Å². The van der Waals surface area contributed by atoms with Gasteiger partial charge in [-0.2, -0.15) is 0 Å². The summed E-state index contributed by atoms with van der Waals surface area (Å²) in [4.78, 5) is 43.8. The number of esters is 1. The van der Waals surface area contributed by atoms with E-state index in [1.807, 2.05) is 42.5 Å². The van der Waals surface area contributed by atoms with E-state index in [4.69, 9.17) is 14.2 Å². The normalized spacial score (nSPS) is 17.8. The Hall–Kier alpha value is -4.69. The number of rotatable bonds is 7. The van der Waals surface area contributed by atoms with Gasteiger partial charge in [0.2, 0.25) is 5.60 Å².